The number of nitrogens with one attached hydrogen (secondary N) is 1. The van der Waals surface area contributed by atoms with Gasteiger partial charge < -0.3 is 14.6 Å². The van der Waals surface area contributed by atoms with E-state index in [2.05, 4.69) is 22.1 Å². The van der Waals surface area contributed by atoms with Crippen molar-refractivity contribution in [3.63, 3.8) is 0 Å². The Morgan fingerprint density at radius 1 is 1.26 bits per heavy atom. The zero-order chi connectivity index (χ0) is 18.6. The molecule has 140 valence electrons. The van der Waals surface area contributed by atoms with Crippen LogP contribution in [0.4, 0.5) is 6.01 Å². The van der Waals surface area contributed by atoms with Crippen molar-refractivity contribution in [2.45, 2.75) is 30.7 Å². The van der Waals surface area contributed by atoms with Gasteiger partial charge in [0, 0.05) is 18.0 Å². The lowest BCUT2D eigenvalue weighted by atomic mass is 10.2. The van der Waals surface area contributed by atoms with Crippen LogP contribution in [0.2, 0.25) is 0 Å². The van der Waals surface area contributed by atoms with E-state index in [1.165, 1.54) is 0 Å². The van der Waals surface area contributed by atoms with Crippen molar-refractivity contribution >= 4 is 34.8 Å². The highest BCUT2D eigenvalue weighted by atomic mass is 32.2. The first-order valence-electron chi connectivity index (χ1n) is 9.38. The molecule has 1 atom stereocenters. The lowest BCUT2D eigenvalue weighted by Crippen LogP contribution is -2.40. The number of oxazole rings is 1. The van der Waals surface area contributed by atoms with E-state index in [-0.39, 0.29) is 11.9 Å². The fourth-order valence-electron chi connectivity index (χ4n) is 3.52. The molecule has 1 N–H and O–H groups in total. The number of carbonyl (C=O) groups is 1. The van der Waals surface area contributed by atoms with Gasteiger partial charge in [-0.05, 0) is 42.9 Å². The maximum atomic E-state index is 12.7. The summed E-state index contributed by atoms with van der Waals surface area (Å²) in [5, 5.41) is 3.11. The molecule has 5 nitrogen and oxygen atoms in total. The molecule has 1 unspecified atom stereocenters. The second-order valence-corrected chi connectivity index (χ2v) is 7.90. The van der Waals surface area contributed by atoms with Crippen LogP contribution in [0.1, 0.15) is 30.1 Å². The highest BCUT2D eigenvalue weighted by molar-refractivity contribution is 7.99. The Kier molecular flexibility index (Phi) is 5.34. The molecule has 0 spiro atoms. The minimum absolute atomic E-state index is 0.0176. The molecule has 0 radical (unpaired) electrons. The fourth-order valence-corrected chi connectivity index (χ4v) is 4.33. The average Bonchev–Trinajstić information content (AvgIpc) is 3.33. The van der Waals surface area contributed by atoms with Crippen molar-refractivity contribution < 1.29 is 9.21 Å². The molecular weight excluding hydrogens is 358 g/mol. The molecule has 2 heterocycles. The van der Waals surface area contributed by atoms with Crippen molar-refractivity contribution in [2.24, 2.45) is 0 Å². The summed E-state index contributed by atoms with van der Waals surface area (Å²) in [6.07, 6.45) is 2.09. The highest BCUT2D eigenvalue weighted by Crippen LogP contribution is 2.28. The number of nitrogens with zero attached hydrogens (tertiary/aromatic N) is 2. The minimum Gasteiger partial charge on any atom is -0.423 e. The predicted octanol–water partition coefficient (Wildman–Crippen LogP) is 4.34. The largest absolute Gasteiger partial charge is 0.423 e. The van der Waals surface area contributed by atoms with E-state index in [1.54, 1.807) is 11.8 Å². The summed E-state index contributed by atoms with van der Waals surface area (Å²) >= 11 is 1.69. The van der Waals surface area contributed by atoms with E-state index in [0.717, 1.165) is 46.7 Å². The number of fused-ring (bicyclic) bond motifs is 1. The Hall–Kier alpha value is -2.47. The molecule has 27 heavy (non-hydrogen) atoms. The zero-order valence-corrected chi connectivity index (χ0v) is 16.2. The molecule has 6 heteroatoms. The molecule has 4 rings (SSSR count). The lowest BCUT2D eigenvalue weighted by Gasteiger charge is -2.23. The van der Waals surface area contributed by atoms with Crippen LogP contribution < -0.4 is 10.2 Å². The molecule has 1 aromatic heterocycles. The Labute approximate surface area is 163 Å². The molecule has 0 bridgehead atoms. The number of thioether (sulfide) groups is 1. The first-order chi connectivity index (χ1) is 13.3. The number of para-hydroxylation sites is 2. The molecule has 2 aromatic carbocycles. The average molecular weight is 382 g/mol. The van der Waals surface area contributed by atoms with Crippen LogP contribution in [0.5, 0.6) is 0 Å². The summed E-state index contributed by atoms with van der Waals surface area (Å²) in [5.41, 5.74) is 2.41. The van der Waals surface area contributed by atoms with Gasteiger partial charge in [-0.2, -0.15) is 4.98 Å². The second kappa shape index (κ2) is 8.05. The monoisotopic (exact) mass is 381 g/mol. The van der Waals surface area contributed by atoms with Crippen LogP contribution in [0, 0.1) is 0 Å². The Morgan fingerprint density at radius 2 is 2.07 bits per heavy atom. The van der Waals surface area contributed by atoms with E-state index in [4.69, 9.17) is 4.42 Å². The van der Waals surface area contributed by atoms with Crippen molar-refractivity contribution in [3.05, 3.63) is 54.1 Å². The number of hydrogen-bond acceptors (Lipinski definition) is 5. The normalized spacial score (nSPS) is 16.8. The quantitative estimate of drug-likeness (QED) is 0.644. The molecule has 0 aliphatic carbocycles. The fraction of sp³-hybridized carbons (Fsp3) is 0.333. The molecule has 1 fully saturated rings. The number of hydrogen-bond donors (Lipinski definition) is 1. The molecule has 1 aliphatic rings. The van der Waals surface area contributed by atoms with E-state index in [1.807, 2.05) is 48.5 Å². The summed E-state index contributed by atoms with van der Waals surface area (Å²) < 4.78 is 5.92. The third-order valence-corrected chi connectivity index (χ3v) is 5.79. The number of benzene rings is 2. The number of amides is 1. The van der Waals surface area contributed by atoms with Crippen LogP contribution >= 0.6 is 11.8 Å². The van der Waals surface area contributed by atoms with Crippen molar-refractivity contribution in [1.29, 1.82) is 0 Å². The second-order valence-electron chi connectivity index (χ2n) is 6.59. The zero-order valence-electron chi connectivity index (χ0n) is 15.4. The minimum atomic E-state index is -0.0176. The maximum absolute atomic E-state index is 12.7. The summed E-state index contributed by atoms with van der Waals surface area (Å²) in [6.45, 7) is 3.58. The molecule has 1 amide bonds. The first kappa shape index (κ1) is 17.9. The number of anilines is 1. The smallest absolute Gasteiger partial charge is 0.298 e. The van der Waals surface area contributed by atoms with Gasteiger partial charge >= 0.3 is 0 Å². The standard InChI is InChI=1S/C21H23N3O2S/c1-2-27-19-12-6-3-9-16(19)20(25)22-14-15-8-7-13-24(15)21-23-17-10-4-5-11-18(17)26-21/h3-6,9-12,15H,2,7-8,13-14H2,1H3,(H,22,25). The van der Waals surface area contributed by atoms with Gasteiger partial charge in [-0.3, -0.25) is 4.79 Å². The maximum Gasteiger partial charge on any atom is 0.298 e. The Balaban J connectivity index is 1.45. The third kappa shape index (κ3) is 3.81. The van der Waals surface area contributed by atoms with Crippen LogP contribution in [-0.2, 0) is 0 Å². The Morgan fingerprint density at radius 3 is 2.93 bits per heavy atom. The summed E-state index contributed by atoms with van der Waals surface area (Å²) in [5.74, 6) is 0.925. The van der Waals surface area contributed by atoms with Gasteiger partial charge in [0.2, 0.25) is 0 Å². The van der Waals surface area contributed by atoms with Gasteiger partial charge in [0.05, 0.1) is 11.6 Å². The van der Waals surface area contributed by atoms with Gasteiger partial charge in [0.15, 0.2) is 5.58 Å². The summed E-state index contributed by atoms with van der Waals surface area (Å²) in [6, 6.07) is 16.4. The molecule has 0 saturated carbocycles. The topological polar surface area (TPSA) is 58.4 Å². The number of aromatic nitrogens is 1. The molecule has 3 aromatic rings. The predicted molar refractivity (Wildman–Crippen MR) is 110 cm³/mol. The lowest BCUT2D eigenvalue weighted by molar-refractivity contribution is 0.0948. The first-order valence-corrected chi connectivity index (χ1v) is 10.4. The SMILES string of the molecule is CCSc1ccccc1C(=O)NCC1CCCN1c1nc2ccccc2o1. The van der Waals surface area contributed by atoms with Gasteiger partial charge in [0.1, 0.15) is 5.52 Å². The molecule has 1 aliphatic heterocycles. The highest BCUT2D eigenvalue weighted by Gasteiger charge is 2.29. The van der Waals surface area contributed by atoms with Gasteiger partial charge in [-0.15, -0.1) is 11.8 Å². The molecule has 1 saturated heterocycles. The van der Waals surface area contributed by atoms with Gasteiger partial charge in [0.25, 0.3) is 11.9 Å². The van der Waals surface area contributed by atoms with Crippen LogP contribution in [0.3, 0.4) is 0 Å². The van der Waals surface area contributed by atoms with Gasteiger partial charge in [-0.25, -0.2) is 0 Å². The number of rotatable bonds is 6. The third-order valence-electron chi connectivity index (χ3n) is 4.84. The molecular formula is C21H23N3O2S. The van der Waals surface area contributed by atoms with Crippen LogP contribution in [-0.4, -0.2) is 35.8 Å². The van der Waals surface area contributed by atoms with Crippen molar-refractivity contribution in [2.75, 3.05) is 23.7 Å². The van der Waals surface area contributed by atoms with Gasteiger partial charge in [-0.1, -0.05) is 31.2 Å². The van der Waals surface area contributed by atoms with Crippen molar-refractivity contribution in [1.82, 2.24) is 10.3 Å². The van der Waals surface area contributed by atoms with E-state index < -0.39 is 0 Å². The number of carbonyl (C=O) groups excluding carboxylic acids is 1. The van der Waals surface area contributed by atoms with Crippen molar-refractivity contribution in [3.8, 4) is 0 Å². The van der Waals surface area contributed by atoms with Crippen LogP contribution in [0.25, 0.3) is 11.1 Å². The Bertz CT molecular complexity index is 907. The van der Waals surface area contributed by atoms with Crippen LogP contribution in [0.15, 0.2) is 57.8 Å². The van der Waals surface area contributed by atoms with E-state index in [9.17, 15) is 4.79 Å². The van der Waals surface area contributed by atoms with E-state index >= 15 is 0 Å². The van der Waals surface area contributed by atoms with E-state index in [0.29, 0.717) is 12.6 Å². The summed E-state index contributed by atoms with van der Waals surface area (Å²) in [7, 11) is 0. The summed E-state index contributed by atoms with van der Waals surface area (Å²) in [4.78, 5) is 20.5.